The molecule has 1 aromatic heterocycles. The van der Waals surface area contributed by atoms with Crippen molar-refractivity contribution in [3.63, 3.8) is 0 Å². The number of aromatic nitrogens is 1. The quantitative estimate of drug-likeness (QED) is 0.655. The predicted octanol–water partition coefficient (Wildman–Crippen LogP) is 5.81. The van der Waals surface area contributed by atoms with Crippen molar-refractivity contribution in [3.05, 3.63) is 29.6 Å². The number of hydrogen-bond acceptors (Lipinski definition) is 4. The number of amides is 1. The second-order valence-electron chi connectivity index (χ2n) is 9.42. The van der Waals surface area contributed by atoms with Crippen molar-refractivity contribution >= 4 is 28.1 Å². The maximum absolute atomic E-state index is 13.4. The lowest BCUT2D eigenvalue weighted by Crippen LogP contribution is -2.51. The molecule has 1 aromatic carbocycles. The van der Waals surface area contributed by atoms with Gasteiger partial charge in [0.05, 0.1) is 11.1 Å². The fourth-order valence-electron chi connectivity index (χ4n) is 6.44. The van der Waals surface area contributed by atoms with Crippen LogP contribution in [0.15, 0.2) is 29.6 Å². The van der Waals surface area contributed by atoms with Crippen LogP contribution in [0.25, 0.3) is 11.3 Å². The van der Waals surface area contributed by atoms with E-state index in [4.69, 9.17) is 4.98 Å². The van der Waals surface area contributed by atoms with E-state index in [0.29, 0.717) is 0 Å². The van der Waals surface area contributed by atoms with Gasteiger partial charge in [-0.05, 0) is 82.3 Å². The molecule has 0 atom stereocenters. The molecule has 0 radical (unpaired) electrons. The van der Waals surface area contributed by atoms with Crippen LogP contribution in [0, 0.1) is 23.2 Å². The van der Waals surface area contributed by atoms with Gasteiger partial charge in [-0.25, -0.2) is 4.98 Å². The third-order valence-electron chi connectivity index (χ3n) is 7.46. The summed E-state index contributed by atoms with van der Waals surface area (Å²) in [6, 6.07) is 8.21. The molecule has 2 aromatic rings. The first-order chi connectivity index (χ1) is 14.1. The van der Waals surface area contributed by atoms with Gasteiger partial charge in [0.25, 0.3) is 0 Å². The zero-order valence-corrected chi connectivity index (χ0v) is 18.3. The van der Waals surface area contributed by atoms with Crippen molar-refractivity contribution in [2.75, 3.05) is 23.3 Å². The van der Waals surface area contributed by atoms with Gasteiger partial charge < -0.3 is 10.2 Å². The highest BCUT2D eigenvalue weighted by Gasteiger charge is 2.54. The number of carbonyl (C=O) groups excluding carboxylic acids is 1. The zero-order valence-electron chi connectivity index (χ0n) is 17.5. The van der Waals surface area contributed by atoms with Gasteiger partial charge >= 0.3 is 0 Å². The molecule has 0 aliphatic heterocycles. The van der Waals surface area contributed by atoms with Crippen LogP contribution >= 0.6 is 11.3 Å². The van der Waals surface area contributed by atoms with Crippen molar-refractivity contribution in [1.82, 2.24) is 4.98 Å². The average molecular weight is 410 g/mol. The number of benzene rings is 1. The number of carbonyl (C=O) groups is 1. The fraction of sp³-hybridized carbons (Fsp3) is 0.583. The van der Waals surface area contributed by atoms with Gasteiger partial charge in [0, 0.05) is 29.7 Å². The highest BCUT2D eigenvalue weighted by atomic mass is 32.1. The highest BCUT2D eigenvalue weighted by Crippen LogP contribution is 2.60. The molecule has 4 aliphatic rings. The topological polar surface area (TPSA) is 45.2 Å². The summed E-state index contributed by atoms with van der Waals surface area (Å²) < 4.78 is 0. The van der Waals surface area contributed by atoms with E-state index in [1.807, 2.05) is 12.1 Å². The molecule has 4 bridgehead atoms. The average Bonchev–Trinajstić information content (AvgIpc) is 3.18. The molecule has 1 N–H and O–H groups in total. The van der Waals surface area contributed by atoms with Crippen LogP contribution in [0.5, 0.6) is 0 Å². The van der Waals surface area contributed by atoms with Gasteiger partial charge in [0.2, 0.25) is 5.91 Å². The molecule has 4 saturated carbocycles. The summed E-state index contributed by atoms with van der Waals surface area (Å²) in [5.74, 6) is 2.61. The Balaban J connectivity index is 1.34. The summed E-state index contributed by atoms with van der Waals surface area (Å²) in [6.45, 7) is 6.24. The highest BCUT2D eigenvalue weighted by molar-refractivity contribution is 7.14. The van der Waals surface area contributed by atoms with Gasteiger partial charge in [-0.3, -0.25) is 4.79 Å². The van der Waals surface area contributed by atoms with E-state index in [2.05, 4.69) is 41.6 Å². The van der Waals surface area contributed by atoms with E-state index in [1.54, 1.807) is 11.3 Å². The minimum absolute atomic E-state index is 0.110. The van der Waals surface area contributed by atoms with E-state index in [-0.39, 0.29) is 11.3 Å². The van der Waals surface area contributed by atoms with Gasteiger partial charge in [-0.15, -0.1) is 11.3 Å². The Morgan fingerprint density at radius 1 is 1.14 bits per heavy atom. The molecular formula is C24H31N3OS. The van der Waals surface area contributed by atoms with Crippen LogP contribution in [0.1, 0.15) is 52.4 Å². The number of thiazole rings is 1. The molecule has 0 spiro atoms. The SMILES string of the molecule is CCN(CC)c1nc(-c2cccc(NC(=O)C34CC5CC(CC(C5)C3)C4)c2)cs1. The number of hydrogen-bond donors (Lipinski definition) is 1. The number of rotatable bonds is 6. The van der Waals surface area contributed by atoms with Crippen molar-refractivity contribution in [3.8, 4) is 11.3 Å². The molecule has 1 amide bonds. The van der Waals surface area contributed by atoms with Crippen LogP contribution in [-0.2, 0) is 4.79 Å². The summed E-state index contributed by atoms with van der Waals surface area (Å²) in [6.07, 6.45) is 7.39. The van der Waals surface area contributed by atoms with Crippen LogP contribution < -0.4 is 10.2 Å². The monoisotopic (exact) mass is 409 g/mol. The Bertz CT molecular complexity index is 866. The van der Waals surface area contributed by atoms with Crippen LogP contribution in [0.2, 0.25) is 0 Å². The van der Waals surface area contributed by atoms with E-state index in [0.717, 1.165) is 72.2 Å². The maximum atomic E-state index is 13.4. The molecular weight excluding hydrogens is 378 g/mol. The third-order valence-corrected chi connectivity index (χ3v) is 8.36. The molecule has 4 aliphatic carbocycles. The minimum Gasteiger partial charge on any atom is -0.349 e. The maximum Gasteiger partial charge on any atom is 0.230 e. The van der Waals surface area contributed by atoms with E-state index in [9.17, 15) is 4.79 Å². The van der Waals surface area contributed by atoms with Crippen molar-refractivity contribution < 1.29 is 4.79 Å². The number of nitrogens with one attached hydrogen (secondary N) is 1. The molecule has 0 saturated heterocycles. The van der Waals surface area contributed by atoms with Crippen LogP contribution in [0.3, 0.4) is 0 Å². The normalized spacial score (nSPS) is 29.8. The molecule has 29 heavy (non-hydrogen) atoms. The summed E-state index contributed by atoms with van der Waals surface area (Å²) in [7, 11) is 0. The second kappa shape index (κ2) is 7.42. The van der Waals surface area contributed by atoms with Gasteiger partial charge in [0.1, 0.15) is 0 Å². The lowest BCUT2D eigenvalue weighted by Gasteiger charge is -2.55. The largest absolute Gasteiger partial charge is 0.349 e. The first-order valence-electron chi connectivity index (χ1n) is 11.2. The van der Waals surface area contributed by atoms with Crippen molar-refractivity contribution in [1.29, 1.82) is 0 Å². The predicted molar refractivity (Wildman–Crippen MR) is 120 cm³/mol. The van der Waals surface area contributed by atoms with E-state index < -0.39 is 0 Å². The first-order valence-corrected chi connectivity index (χ1v) is 12.1. The molecule has 154 valence electrons. The van der Waals surface area contributed by atoms with Crippen molar-refractivity contribution in [2.24, 2.45) is 23.2 Å². The van der Waals surface area contributed by atoms with E-state index in [1.165, 1.54) is 19.3 Å². The molecule has 4 nitrogen and oxygen atoms in total. The lowest BCUT2D eigenvalue weighted by atomic mass is 9.49. The Hall–Kier alpha value is -1.88. The van der Waals surface area contributed by atoms with Gasteiger partial charge in [-0.2, -0.15) is 0 Å². The Labute approximate surface area is 177 Å². The second-order valence-corrected chi connectivity index (χ2v) is 10.3. The summed E-state index contributed by atoms with van der Waals surface area (Å²) >= 11 is 1.69. The summed E-state index contributed by atoms with van der Waals surface area (Å²) in [5.41, 5.74) is 2.85. The molecule has 0 unspecified atom stereocenters. The van der Waals surface area contributed by atoms with Crippen LogP contribution in [0.4, 0.5) is 10.8 Å². The number of anilines is 2. The Morgan fingerprint density at radius 2 is 1.79 bits per heavy atom. The molecule has 5 heteroatoms. The fourth-order valence-corrected chi connectivity index (χ4v) is 7.41. The zero-order chi connectivity index (χ0) is 20.0. The summed E-state index contributed by atoms with van der Waals surface area (Å²) in [5, 5.41) is 6.47. The van der Waals surface area contributed by atoms with Gasteiger partial charge in [-0.1, -0.05) is 12.1 Å². The standard InChI is InChI=1S/C24H31N3OS/c1-3-27(4-2)23-26-21(15-29-23)19-6-5-7-20(11-19)25-22(28)24-12-16-8-17(13-24)10-18(9-16)14-24/h5-7,11,15-18H,3-4,8-10,12-14H2,1-2H3,(H,25,28). The van der Waals surface area contributed by atoms with Crippen LogP contribution in [-0.4, -0.2) is 24.0 Å². The summed E-state index contributed by atoms with van der Waals surface area (Å²) in [4.78, 5) is 20.5. The Morgan fingerprint density at radius 3 is 2.41 bits per heavy atom. The smallest absolute Gasteiger partial charge is 0.230 e. The first kappa shape index (κ1) is 19.1. The Kier molecular flexibility index (Phi) is 4.89. The third kappa shape index (κ3) is 3.48. The van der Waals surface area contributed by atoms with E-state index >= 15 is 0 Å². The molecule has 1 heterocycles. The lowest BCUT2D eigenvalue weighted by molar-refractivity contribution is -0.140. The van der Waals surface area contributed by atoms with Gasteiger partial charge in [0.15, 0.2) is 5.13 Å². The van der Waals surface area contributed by atoms with Crippen molar-refractivity contribution in [2.45, 2.75) is 52.4 Å². The number of nitrogens with zero attached hydrogens (tertiary/aromatic N) is 2. The molecule has 6 rings (SSSR count). The molecule has 4 fully saturated rings. The minimum atomic E-state index is -0.110.